The Kier molecular flexibility index (Phi) is 4.02. The molecule has 0 spiro atoms. The second-order valence-electron chi connectivity index (χ2n) is 4.78. The van der Waals surface area contributed by atoms with E-state index in [2.05, 4.69) is 10.4 Å². The monoisotopic (exact) mass is 288 g/mol. The van der Waals surface area contributed by atoms with Gasteiger partial charge in [0.1, 0.15) is 5.56 Å². The molecule has 0 aliphatic heterocycles. The summed E-state index contributed by atoms with van der Waals surface area (Å²) in [6.45, 7) is 3.71. The molecule has 1 amide bonds. The number of carbonyl (C=O) groups is 1. The maximum absolute atomic E-state index is 12.2. The first kappa shape index (κ1) is 14.7. The highest BCUT2D eigenvalue weighted by atomic mass is 16.6. The Balaban J connectivity index is 2.22. The van der Waals surface area contributed by atoms with E-state index in [-0.39, 0.29) is 17.3 Å². The molecule has 2 rings (SSSR count). The molecule has 1 aromatic heterocycles. The number of nitrogens with zero attached hydrogens (tertiary/aromatic N) is 3. The van der Waals surface area contributed by atoms with Crippen molar-refractivity contribution in [1.29, 1.82) is 0 Å². The zero-order valence-corrected chi connectivity index (χ0v) is 12.0. The van der Waals surface area contributed by atoms with Crippen LogP contribution in [0.15, 0.2) is 30.5 Å². The SMILES string of the molecule is Cc1c(C(C)NC(=O)c2ccccc2[N+](=O)[O-])cnn1C. The van der Waals surface area contributed by atoms with Crippen LogP contribution in [0, 0.1) is 17.0 Å². The molecule has 7 nitrogen and oxygen atoms in total. The molecular formula is C14H16N4O3. The Bertz CT molecular complexity index is 693. The first-order valence-electron chi connectivity index (χ1n) is 6.44. The minimum atomic E-state index is -0.561. The number of hydrogen-bond donors (Lipinski definition) is 1. The molecule has 21 heavy (non-hydrogen) atoms. The van der Waals surface area contributed by atoms with Crippen LogP contribution < -0.4 is 5.32 Å². The molecule has 0 aliphatic rings. The number of para-hydroxylation sites is 1. The first-order chi connectivity index (χ1) is 9.91. The molecule has 0 aliphatic carbocycles. The lowest BCUT2D eigenvalue weighted by atomic mass is 10.1. The number of aryl methyl sites for hydroxylation is 1. The minimum Gasteiger partial charge on any atom is -0.345 e. The van der Waals surface area contributed by atoms with E-state index >= 15 is 0 Å². The van der Waals surface area contributed by atoms with Gasteiger partial charge in [-0.1, -0.05) is 12.1 Å². The summed E-state index contributed by atoms with van der Waals surface area (Å²) in [6, 6.07) is 5.60. The van der Waals surface area contributed by atoms with Gasteiger partial charge in [0.25, 0.3) is 11.6 Å². The summed E-state index contributed by atoms with van der Waals surface area (Å²) in [5, 5.41) is 17.8. The molecule has 0 bridgehead atoms. The van der Waals surface area contributed by atoms with Crippen LogP contribution in [0.3, 0.4) is 0 Å². The molecule has 1 aromatic carbocycles. The van der Waals surface area contributed by atoms with E-state index in [0.29, 0.717) is 0 Å². The number of hydrogen-bond acceptors (Lipinski definition) is 4. The second-order valence-corrected chi connectivity index (χ2v) is 4.78. The van der Waals surface area contributed by atoms with E-state index in [0.717, 1.165) is 11.3 Å². The van der Waals surface area contributed by atoms with Crippen LogP contribution >= 0.6 is 0 Å². The molecule has 0 saturated heterocycles. The molecule has 0 saturated carbocycles. The number of nitro benzene ring substituents is 1. The molecule has 1 heterocycles. The van der Waals surface area contributed by atoms with Crippen molar-refractivity contribution in [2.45, 2.75) is 19.9 Å². The largest absolute Gasteiger partial charge is 0.345 e. The molecule has 2 aromatic rings. The van der Waals surface area contributed by atoms with E-state index in [1.54, 1.807) is 16.9 Å². The smallest absolute Gasteiger partial charge is 0.282 e. The molecule has 1 atom stereocenters. The Morgan fingerprint density at radius 3 is 2.67 bits per heavy atom. The standard InChI is InChI=1S/C14H16N4O3/c1-9(12-8-15-17(3)10(12)2)16-14(19)11-6-4-5-7-13(11)18(20)21/h4-9H,1-3H3,(H,16,19). The van der Waals surface area contributed by atoms with Gasteiger partial charge in [-0.15, -0.1) is 0 Å². The van der Waals surface area contributed by atoms with Gasteiger partial charge < -0.3 is 5.32 Å². The fourth-order valence-corrected chi connectivity index (χ4v) is 2.12. The van der Waals surface area contributed by atoms with Gasteiger partial charge in [-0.3, -0.25) is 19.6 Å². The summed E-state index contributed by atoms with van der Waals surface area (Å²) in [5.41, 5.74) is 1.66. The Morgan fingerprint density at radius 2 is 2.10 bits per heavy atom. The lowest BCUT2D eigenvalue weighted by Crippen LogP contribution is -2.27. The van der Waals surface area contributed by atoms with Gasteiger partial charge in [0.05, 0.1) is 17.2 Å². The first-order valence-corrected chi connectivity index (χ1v) is 6.44. The quantitative estimate of drug-likeness (QED) is 0.689. The Labute approximate surface area is 121 Å². The van der Waals surface area contributed by atoms with Crippen molar-refractivity contribution in [1.82, 2.24) is 15.1 Å². The lowest BCUT2D eigenvalue weighted by molar-refractivity contribution is -0.385. The summed E-state index contributed by atoms with van der Waals surface area (Å²) in [6.07, 6.45) is 1.68. The third-order valence-corrected chi connectivity index (χ3v) is 3.43. The van der Waals surface area contributed by atoms with Crippen molar-refractivity contribution in [3.05, 3.63) is 57.4 Å². The van der Waals surface area contributed by atoms with Gasteiger partial charge in [-0.05, 0) is 19.9 Å². The van der Waals surface area contributed by atoms with Crippen LogP contribution in [-0.4, -0.2) is 20.6 Å². The Morgan fingerprint density at radius 1 is 1.43 bits per heavy atom. The predicted octanol–water partition coefficient (Wildman–Crippen LogP) is 2.13. The summed E-state index contributed by atoms with van der Waals surface area (Å²) in [4.78, 5) is 22.6. The second kappa shape index (κ2) is 5.74. The number of benzene rings is 1. The molecule has 7 heteroatoms. The highest BCUT2D eigenvalue weighted by Gasteiger charge is 2.22. The molecule has 0 radical (unpaired) electrons. The van der Waals surface area contributed by atoms with Crippen molar-refractivity contribution < 1.29 is 9.72 Å². The summed E-state index contributed by atoms with van der Waals surface area (Å²) in [5.74, 6) is -0.474. The number of nitrogens with one attached hydrogen (secondary N) is 1. The van der Waals surface area contributed by atoms with Crippen molar-refractivity contribution in [3.63, 3.8) is 0 Å². The molecule has 1 N–H and O–H groups in total. The van der Waals surface area contributed by atoms with Crippen molar-refractivity contribution in [2.75, 3.05) is 0 Å². The fourth-order valence-electron chi connectivity index (χ4n) is 2.12. The van der Waals surface area contributed by atoms with E-state index in [4.69, 9.17) is 0 Å². The van der Waals surface area contributed by atoms with Gasteiger partial charge in [-0.2, -0.15) is 5.10 Å². The maximum atomic E-state index is 12.2. The fraction of sp³-hybridized carbons (Fsp3) is 0.286. The third kappa shape index (κ3) is 2.91. The topological polar surface area (TPSA) is 90.1 Å². The highest BCUT2D eigenvalue weighted by Crippen LogP contribution is 2.20. The zero-order chi connectivity index (χ0) is 15.6. The van der Waals surface area contributed by atoms with Crippen LogP contribution in [0.4, 0.5) is 5.69 Å². The Hall–Kier alpha value is -2.70. The average Bonchev–Trinajstić information content (AvgIpc) is 2.79. The summed E-state index contributed by atoms with van der Waals surface area (Å²) < 4.78 is 1.71. The third-order valence-electron chi connectivity index (χ3n) is 3.43. The van der Waals surface area contributed by atoms with Crippen LogP contribution in [-0.2, 0) is 7.05 Å². The number of nitro groups is 1. The van der Waals surface area contributed by atoms with Crippen LogP contribution in [0.25, 0.3) is 0 Å². The van der Waals surface area contributed by atoms with Crippen molar-refractivity contribution >= 4 is 11.6 Å². The van der Waals surface area contributed by atoms with Gasteiger partial charge in [0.2, 0.25) is 0 Å². The molecule has 0 fully saturated rings. The zero-order valence-electron chi connectivity index (χ0n) is 12.0. The van der Waals surface area contributed by atoms with E-state index in [1.165, 1.54) is 18.2 Å². The molecule has 110 valence electrons. The van der Waals surface area contributed by atoms with Crippen molar-refractivity contribution in [3.8, 4) is 0 Å². The van der Waals surface area contributed by atoms with Gasteiger partial charge in [-0.25, -0.2) is 0 Å². The average molecular weight is 288 g/mol. The van der Waals surface area contributed by atoms with Gasteiger partial charge in [0.15, 0.2) is 0 Å². The summed E-state index contributed by atoms with van der Waals surface area (Å²) in [7, 11) is 1.81. The maximum Gasteiger partial charge on any atom is 0.282 e. The molecular weight excluding hydrogens is 272 g/mol. The summed E-state index contributed by atoms with van der Waals surface area (Å²) >= 11 is 0. The van der Waals surface area contributed by atoms with E-state index < -0.39 is 10.8 Å². The normalized spacial score (nSPS) is 12.0. The number of aromatic nitrogens is 2. The van der Waals surface area contributed by atoms with E-state index in [9.17, 15) is 14.9 Å². The van der Waals surface area contributed by atoms with Crippen LogP contribution in [0.2, 0.25) is 0 Å². The van der Waals surface area contributed by atoms with E-state index in [1.807, 2.05) is 20.9 Å². The number of amides is 1. The highest BCUT2D eigenvalue weighted by molar-refractivity contribution is 5.98. The van der Waals surface area contributed by atoms with Gasteiger partial charge in [0, 0.05) is 24.4 Å². The lowest BCUT2D eigenvalue weighted by Gasteiger charge is -2.13. The van der Waals surface area contributed by atoms with Gasteiger partial charge >= 0.3 is 0 Å². The predicted molar refractivity (Wildman–Crippen MR) is 76.9 cm³/mol. The molecule has 1 unspecified atom stereocenters. The number of carbonyl (C=O) groups excluding carboxylic acids is 1. The van der Waals surface area contributed by atoms with Crippen LogP contribution in [0.1, 0.15) is 34.6 Å². The number of rotatable bonds is 4. The van der Waals surface area contributed by atoms with Crippen molar-refractivity contribution in [2.24, 2.45) is 7.05 Å². The minimum absolute atomic E-state index is 0.0518. The van der Waals surface area contributed by atoms with Crippen LogP contribution in [0.5, 0.6) is 0 Å².